The van der Waals surface area contributed by atoms with Gasteiger partial charge in [0.2, 0.25) is 11.8 Å². The van der Waals surface area contributed by atoms with Crippen molar-refractivity contribution in [2.45, 2.75) is 39.5 Å². The Morgan fingerprint density at radius 3 is 3.05 bits per heavy atom. The van der Waals surface area contributed by atoms with Crippen LogP contribution in [0, 0.1) is 5.92 Å². The standard InChI is InChI=1S/C14H23N3O2/c1-10(2)12-7-14(19-16-12)15-13(18)9-17-6-4-5-11(3)8-17/h7,10-11H,4-6,8-9H2,1-3H3,(H,15,18)/t11-/m1/s1. The number of amides is 1. The molecule has 1 atom stereocenters. The molecule has 1 aromatic rings. The molecule has 1 N–H and O–H groups in total. The number of nitrogens with zero attached hydrogens (tertiary/aromatic N) is 2. The Labute approximate surface area is 114 Å². The predicted octanol–water partition coefficient (Wildman–Crippen LogP) is 2.47. The van der Waals surface area contributed by atoms with Crippen molar-refractivity contribution in [3.8, 4) is 0 Å². The van der Waals surface area contributed by atoms with Gasteiger partial charge in [-0.1, -0.05) is 25.9 Å². The molecular weight excluding hydrogens is 242 g/mol. The molecule has 0 aromatic carbocycles. The van der Waals surface area contributed by atoms with Crippen molar-refractivity contribution in [1.29, 1.82) is 0 Å². The highest BCUT2D eigenvalue weighted by atomic mass is 16.5. The minimum atomic E-state index is -0.0273. The minimum Gasteiger partial charge on any atom is -0.338 e. The van der Waals surface area contributed by atoms with Gasteiger partial charge in [-0.15, -0.1) is 0 Å². The van der Waals surface area contributed by atoms with E-state index in [4.69, 9.17) is 4.52 Å². The molecule has 2 rings (SSSR count). The molecule has 0 spiro atoms. The molecule has 5 heteroatoms. The van der Waals surface area contributed by atoms with E-state index in [1.165, 1.54) is 12.8 Å². The monoisotopic (exact) mass is 265 g/mol. The van der Waals surface area contributed by atoms with Gasteiger partial charge in [-0.3, -0.25) is 15.0 Å². The summed E-state index contributed by atoms with van der Waals surface area (Å²) >= 11 is 0. The van der Waals surface area contributed by atoms with Gasteiger partial charge in [-0.25, -0.2) is 0 Å². The molecule has 1 saturated heterocycles. The number of hydrogen-bond donors (Lipinski definition) is 1. The van der Waals surface area contributed by atoms with Gasteiger partial charge in [0, 0.05) is 12.6 Å². The number of anilines is 1. The molecule has 1 aromatic heterocycles. The van der Waals surface area contributed by atoms with Crippen LogP contribution in [-0.4, -0.2) is 35.6 Å². The third-order valence-electron chi connectivity index (χ3n) is 3.49. The lowest BCUT2D eigenvalue weighted by molar-refractivity contribution is -0.117. The number of hydrogen-bond acceptors (Lipinski definition) is 4. The van der Waals surface area contributed by atoms with Crippen LogP contribution in [0.2, 0.25) is 0 Å². The van der Waals surface area contributed by atoms with Crippen molar-refractivity contribution in [3.05, 3.63) is 11.8 Å². The lowest BCUT2D eigenvalue weighted by Crippen LogP contribution is -2.39. The largest absolute Gasteiger partial charge is 0.338 e. The Balaban J connectivity index is 1.83. The fourth-order valence-corrected chi connectivity index (χ4v) is 2.43. The summed E-state index contributed by atoms with van der Waals surface area (Å²) in [6.45, 7) is 8.75. The number of carbonyl (C=O) groups excluding carboxylic acids is 1. The van der Waals surface area contributed by atoms with Gasteiger partial charge in [0.25, 0.3) is 0 Å². The van der Waals surface area contributed by atoms with Gasteiger partial charge in [-0.05, 0) is 31.2 Å². The predicted molar refractivity (Wildman–Crippen MR) is 74.1 cm³/mol. The van der Waals surface area contributed by atoms with Crippen LogP contribution >= 0.6 is 0 Å². The van der Waals surface area contributed by atoms with Crippen molar-refractivity contribution in [2.75, 3.05) is 25.0 Å². The average molecular weight is 265 g/mol. The van der Waals surface area contributed by atoms with Crippen molar-refractivity contribution in [1.82, 2.24) is 10.1 Å². The first-order valence-electron chi connectivity index (χ1n) is 7.03. The van der Waals surface area contributed by atoms with Gasteiger partial charge in [0.05, 0.1) is 12.2 Å². The summed E-state index contributed by atoms with van der Waals surface area (Å²) in [6, 6.07) is 1.79. The summed E-state index contributed by atoms with van der Waals surface area (Å²) in [7, 11) is 0. The number of likely N-dealkylation sites (tertiary alicyclic amines) is 1. The highest BCUT2D eigenvalue weighted by Gasteiger charge is 2.19. The SMILES string of the molecule is CC(C)c1cc(NC(=O)CN2CCC[C@@H](C)C2)on1. The second-order valence-electron chi connectivity index (χ2n) is 5.80. The average Bonchev–Trinajstić information content (AvgIpc) is 2.77. The van der Waals surface area contributed by atoms with Crippen molar-refractivity contribution in [2.24, 2.45) is 5.92 Å². The van der Waals surface area contributed by atoms with Crippen molar-refractivity contribution < 1.29 is 9.32 Å². The maximum absolute atomic E-state index is 11.9. The van der Waals surface area contributed by atoms with E-state index in [0.29, 0.717) is 24.3 Å². The summed E-state index contributed by atoms with van der Waals surface area (Å²) < 4.78 is 5.11. The molecule has 19 heavy (non-hydrogen) atoms. The van der Waals surface area contributed by atoms with E-state index < -0.39 is 0 Å². The number of nitrogens with one attached hydrogen (secondary N) is 1. The van der Waals surface area contributed by atoms with E-state index in [-0.39, 0.29) is 5.91 Å². The molecule has 1 fully saturated rings. The Hall–Kier alpha value is -1.36. The van der Waals surface area contributed by atoms with E-state index >= 15 is 0 Å². The van der Waals surface area contributed by atoms with Gasteiger partial charge < -0.3 is 4.52 Å². The third kappa shape index (κ3) is 4.06. The highest BCUT2D eigenvalue weighted by molar-refractivity contribution is 5.90. The van der Waals surface area contributed by atoms with Gasteiger partial charge in [0.15, 0.2) is 0 Å². The fraction of sp³-hybridized carbons (Fsp3) is 0.714. The molecule has 2 heterocycles. The molecule has 0 bridgehead atoms. The first kappa shape index (κ1) is 14.1. The fourth-order valence-electron chi connectivity index (χ4n) is 2.43. The quantitative estimate of drug-likeness (QED) is 0.908. The zero-order valence-electron chi connectivity index (χ0n) is 12.0. The lowest BCUT2D eigenvalue weighted by atomic mass is 10.0. The molecule has 0 radical (unpaired) electrons. The second-order valence-corrected chi connectivity index (χ2v) is 5.80. The topological polar surface area (TPSA) is 58.4 Å². The van der Waals surface area contributed by atoms with Gasteiger partial charge >= 0.3 is 0 Å². The maximum atomic E-state index is 11.9. The summed E-state index contributed by atoms with van der Waals surface area (Å²) in [4.78, 5) is 14.1. The zero-order valence-corrected chi connectivity index (χ0v) is 12.0. The summed E-state index contributed by atoms with van der Waals surface area (Å²) in [5.41, 5.74) is 0.863. The summed E-state index contributed by atoms with van der Waals surface area (Å²) in [6.07, 6.45) is 2.44. The van der Waals surface area contributed by atoms with Crippen LogP contribution in [0.1, 0.15) is 45.2 Å². The van der Waals surface area contributed by atoms with Crippen LogP contribution in [0.3, 0.4) is 0 Å². The van der Waals surface area contributed by atoms with E-state index in [2.05, 4.69) is 22.3 Å². The van der Waals surface area contributed by atoms with Crippen LogP contribution < -0.4 is 5.32 Å². The molecular formula is C14H23N3O2. The van der Waals surface area contributed by atoms with E-state index in [1.54, 1.807) is 6.07 Å². The highest BCUT2D eigenvalue weighted by Crippen LogP contribution is 2.18. The zero-order chi connectivity index (χ0) is 13.8. The van der Waals surface area contributed by atoms with Gasteiger partial charge in [0.1, 0.15) is 0 Å². The molecule has 5 nitrogen and oxygen atoms in total. The van der Waals surface area contributed by atoms with Crippen LogP contribution in [0.4, 0.5) is 5.88 Å². The Morgan fingerprint density at radius 1 is 1.63 bits per heavy atom. The van der Waals surface area contributed by atoms with Crippen LogP contribution in [-0.2, 0) is 4.79 Å². The second kappa shape index (κ2) is 6.19. The minimum absolute atomic E-state index is 0.0273. The summed E-state index contributed by atoms with van der Waals surface area (Å²) in [5, 5.41) is 6.69. The number of rotatable bonds is 4. The smallest absolute Gasteiger partial charge is 0.240 e. The molecule has 1 amide bonds. The first-order chi connectivity index (χ1) is 9.04. The van der Waals surface area contributed by atoms with E-state index in [9.17, 15) is 4.79 Å². The maximum Gasteiger partial charge on any atom is 0.240 e. The van der Waals surface area contributed by atoms with Gasteiger partial charge in [-0.2, -0.15) is 0 Å². The normalized spacial score (nSPS) is 20.7. The molecule has 106 valence electrons. The number of aromatic nitrogens is 1. The van der Waals surface area contributed by atoms with Crippen molar-refractivity contribution >= 4 is 11.8 Å². The summed E-state index contributed by atoms with van der Waals surface area (Å²) in [5.74, 6) is 1.40. The molecule has 0 unspecified atom stereocenters. The third-order valence-corrected chi connectivity index (χ3v) is 3.49. The van der Waals surface area contributed by atoms with E-state index in [1.807, 2.05) is 13.8 Å². The Kier molecular flexibility index (Phi) is 4.58. The Bertz CT molecular complexity index is 428. The Morgan fingerprint density at radius 2 is 2.42 bits per heavy atom. The van der Waals surface area contributed by atoms with E-state index in [0.717, 1.165) is 18.8 Å². The molecule has 1 aliphatic rings. The van der Waals surface area contributed by atoms with Crippen molar-refractivity contribution in [3.63, 3.8) is 0 Å². The van der Waals surface area contributed by atoms with Crippen LogP contribution in [0.15, 0.2) is 10.6 Å². The number of piperidine rings is 1. The lowest BCUT2D eigenvalue weighted by Gasteiger charge is -2.29. The number of carbonyl (C=O) groups is 1. The van der Waals surface area contributed by atoms with Crippen LogP contribution in [0.25, 0.3) is 0 Å². The van der Waals surface area contributed by atoms with Crippen LogP contribution in [0.5, 0.6) is 0 Å². The molecule has 0 aliphatic carbocycles. The first-order valence-corrected chi connectivity index (χ1v) is 7.03. The molecule has 0 saturated carbocycles. The molecule has 1 aliphatic heterocycles.